The molecule has 0 saturated carbocycles. The number of hydrogen-bond donors (Lipinski definition) is 1. The molecule has 118 valence electrons. The zero-order valence-electron chi connectivity index (χ0n) is 13.0. The zero-order chi connectivity index (χ0) is 16.2. The van der Waals surface area contributed by atoms with E-state index < -0.39 is 5.54 Å². The fraction of sp³-hybridized carbons (Fsp3) is 0.571. The molecule has 1 saturated heterocycles. The van der Waals surface area contributed by atoms with Gasteiger partial charge in [-0.3, -0.25) is 0 Å². The van der Waals surface area contributed by atoms with Gasteiger partial charge in [0.2, 0.25) is 0 Å². The number of aromatic nitrogens is 1. The summed E-state index contributed by atoms with van der Waals surface area (Å²) in [6, 6.07) is 7.34. The highest BCUT2D eigenvalue weighted by molar-refractivity contribution is 5.42. The number of hydrogen-bond acceptors (Lipinski definition) is 6. The molecule has 0 aromatic carbocycles. The van der Waals surface area contributed by atoms with Crippen molar-refractivity contribution >= 4 is 5.82 Å². The Kier molecular flexibility index (Phi) is 4.78. The fourth-order valence-corrected chi connectivity index (χ4v) is 2.11. The summed E-state index contributed by atoms with van der Waals surface area (Å²) in [5.41, 5.74) is 2.20. The third kappa shape index (κ3) is 4.56. The molecule has 2 rings (SSSR count). The highest BCUT2D eigenvalue weighted by Crippen LogP contribution is 2.19. The first-order valence-corrected chi connectivity index (χ1v) is 7.11. The summed E-state index contributed by atoms with van der Waals surface area (Å²) in [7, 11) is 0. The summed E-state index contributed by atoms with van der Waals surface area (Å²) in [6.45, 7) is 6.82. The van der Waals surface area contributed by atoms with E-state index in [1.54, 1.807) is 12.1 Å². The molecule has 1 fully saturated rings. The van der Waals surface area contributed by atoms with Gasteiger partial charge in [-0.25, -0.2) is 9.82 Å². The third-order valence-corrected chi connectivity index (χ3v) is 3.01. The van der Waals surface area contributed by atoms with Gasteiger partial charge in [0.25, 0.3) is 0 Å². The van der Waals surface area contributed by atoms with Crippen molar-refractivity contribution in [2.75, 3.05) is 18.0 Å². The molecule has 1 atom stereocenters. The van der Waals surface area contributed by atoms with E-state index >= 15 is 0 Å². The molecule has 0 amide bonds. The van der Waals surface area contributed by atoms with Crippen molar-refractivity contribution in [1.82, 2.24) is 10.6 Å². The van der Waals surface area contributed by atoms with Crippen LogP contribution in [0, 0.1) is 16.5 Å². The van der Waals surface area contributed by atoms with Crippen LogP contribution in [0.25, 0.3) is 0 Å². The lowest BCUT2D eigenvalue weighted by Gasteiger charge is -2.17. The molecule has 8 nitrogen and oxygen atoms in total. The Bertz CT molecular complexity index is 590. The minimum absolute atomic E-state index is 0.140. The molecule has 0 radical (unpaired) electrons. The molecule has 0 bridgehead atoms. The van der Waals surface area contributed by atoms with Crippen LogP contribution in [0.5, 0.6) is 0 Å². The van der Waals surface area contributed by atoms with Gasteiger partial charge in [0.15, 0.2) is 0 Å². The predicted molar refractivity (Wildman–Crippen MR) is 79.6 cm³/mol. The highest BCUT2D eigenvalue weighted by Gasteiger charge is 2.26. The molecule has 8 heteroatoms. The summed E-state index contributed by atoms with van der Waals surface area (Å²) in [5, 5.41) is 24.2. The Hall–Kier alpha value is -2.40. The SMILES string of the molecule is CC(C)(C)N=[N+]([O-])NO[C@@H]1CCN(c2cccc(C#N)n2)C1. The Balaban J connectivity index is 1.88. The van der Waals surface area contributed by atoms with Gasteiger partial charge >= 0.3 is 0 Å². The first kappa shape index (κ1) is 16.0. The molecule has 1 aliphatic rings. The van der Waals surface area contributed by atoms with Crippen LogP contribution in [0.1, 0.15) is 32.9 Å². The average Bonchev–Trinajstić information content (AvgIpc) is 2.92. The van der Waals surface area contributed by atoms with E-state index in [2.05, 4.69) is 15.7 Å². The summed E-state index contributed by atoms with van der Waals surface area (Å²) < 4.78 is 0. The van der Waals surface area contributed by atoms with Gasteiger partial charge in [-0.05, 0) is 44.9 Å². The van der Waals surface area contributed by atoms with Gasteiger partial charge in [-0.1, -0.05) is 6.07 Å². The molecular weight excluding hydrogens is 284 g/mol. The van der Waals surface area contributed by atoms with Crippen molar-refractivity contribution in [1.29, 1.82) is 5.26 Å². The van der Waals surface area contributed by atoms with Gasteiger partial charge in [0.05, 0.1) is 4.97 Å². The number of anilines is 1. The summed E-state index contributed by atoms with van der Waals surface area (Å²) in [6.07, 6.45) is 0.619. The van der Waals surface area contributed by atoms with Crippen LogP contribution in [-0.4, -0.2) is 34.7 Å². The molecule has 0 spiro atoms. The summed E-state index contributed by atoms with van der Waals surface area (Å²) in [5.74, 6) is 0.739. The van der Waals surface area contributed by atoms with Crippen LogP contribution in [0.2, 0.25) is 0 Å². The number of hydrazine groups is 1. The van der Waals surface area contributed by atoms with E-state index in [9.17, 15) is 5.21 Å². The van der Waals surface area contributed by atoms with Crippen molar-refractivity contribution in [2.24, 2.45) is 5.11 Å². The van der Waals surface area contributed by atoms with E-state index in [0.29, 0.717) is 17.2 Å². The van der Waals surface area contributed by atoms with Crippen LogP contribution in [0.4, 0.5) is 5.82 Å². The van der Waals surface area contributed by atoms with Crippen molar-refractivity contribution in [2.45, 2.75) is 38.8 Å². The molecule has 0 unspecified atom stereocenters. The first-order chi connectivity index (χ1) is 10.4. The quantitative estimate of drug-likeness (QED) is 0.516. The monoisotopic (exact) mass is 304 g/mol. The average molecular weight is 304 g/mol. The number of rotatable bonds is 4. The lowest BCUT2D eigenvalue weighted by Crippen LogP contribution is -2.33. The van der Waals surface area contributed by atoms with Gasteiger partial charge in [-0.2, -0.15) is 5.26 Å². The number of nitrogens with zero attached hydrogens (tertiary/aromatic N) is 5. The molecule has 2 heterocycles. The van der Waals surface area contributed by atoms with Gasteiger partial charge in [-0.15, -0.1) is 0 Å². The van der Waals surface area contributed by atoms with Crippen LogP contribution >= 0.6 is 0 Å². The molecule has 22 heavy (non-hydrogen) atoms. The molecule has 1 aromatic heterocycles. The van der Waals surface area contributed by atoms with Gasteiger partial charge in [0, 0.05) is 18.2 Å². The maximum absolute atomic E-state index is 11.5. The largest absolute Gasteiger partial charge is 0.570 e. The second-order valence-electron chi connectivity index (χ2n) is 6.10. The Labute approximate surface area is 129 Å². The molecule has 1 N–H and O–H groups in total. The van der Waals surface area contributed by atoms with Crippen LogP contribution in [0.3, 0.4) is 0 Å². The smallest absolute Gasteiger partial charge is 0.142 e. The number of nitriles is 1. The number of nitrogens with one attached hydrogen (secondary N) is 1. The lowest BCUT2D eigenvalue weighted by molar-refractivity contribution is -0.652. The maximum atomic E-state index is 11.5. The van der Waals surface area contributed by atoms with E-state index in [4.69, 9.17) is 10.1 Å². The van der Waals surface area contributed by atoms with Crippen molar-refractivity contribution in [3.63, 3.8) is 0 Å². The van der Waals surface area contributed by atoms with Crippen LogP contribution < -0.4 is 10.5 Å². The normalized spacial score (nSPS) is 19.1. The third-order valence-electron chi connectivity index (χ3n) is 3.01. The molecule has 1 aromatic rings. The lowest BCUT2D eigenvalue weighted by atomic mass is 10.1. The summed E-state index contributed by atoms with van der Waals surface area (Å²) in [4.78, 5) is 12.0. The predicted octanol–water partition coefficient (Wildman–Crippen LogP) is 1.73. The van der Waals surface area contributed by atoms with Gasteiger partial charge < -0.3 is 10.1 Å². The number of pyridine rings is 1. The summed E-state index contributed by atoms with van der Waals surface area (Å²) >= 11 is 0. The standard InChI is InChI=1S/C14H20N6O2/c1-14(2,3)17-20(21)18-22-12-7-8-19(10-12)13-6-4-5-11(9-15)16-13/h4-6,12H,7-8,10H2,1-3H3,(H,17,18)/t12-/m1/s1. The topological polar surface area (TPSA) is 99.6 Å². The van der Waals surface area contributed by atoms with Gasteiger partial charge in [0.1, 0.15) is 29.2 Å². The van der Waals surface area contributed by atoms with E-state index in [0.717, 1.165) is 18.8 Å². The first-order valence-electron chi connectivity index (χ1n) is 7.11. The van der Waals surface area contributed by atoms with Crippen molar-refractivity contribution in [3.8, 4) is 6.07 Å². The minimum Gasteiger partial charge on any atom is -0.570 e. The second-order valence-corrected chi connectivity index (χ2v) is 6.10. The van der Waals surface area contributed by atoms with E-state index in [-0.39, 0.29) is 6.10 Å². The Morgan fingerprint density at radius 1 is 1.55 bits per heavy atom. The second kappa shape index (κ2) is 6.58. The molecule has 1 aliphatic heterocycles. The van der Waals surface area contributed by atoms with Crippen molar-refractivity contribution < 1.29 is 9.81 Å². The zero-order valence-corrected chi connectivity index (χ0v) is 13.0. The maximum Gasteiger partial charge on any atom is 0.142 e. The van der Waals surface area contributed by atoms with Crippen LogP contribution in [-0.2, 0) is 4.84 Å². The molecule has 0 aliphatic carbocycles. The van der Waals surface area contributed by atoms with Crippen molar-refractivity contribution in [3.05, 3.63) is 29.1 Å². The Morgan fingerprint density at radius 2 is 2.32 bits per heavy atom. The molecular formula is C14H20N6O2. The van der Waals surface area contributed by atoms with Crippen LogP contribution in [0.15, 0.2) is 23.3 Å². The van der Waals surface area contributed by atoms with E-state index in [1.165, 1.54) is 0 Å². The van der Waals surface area contributed by atoms with E-state index in [1.807, 2.05) is 37.8 Å². The minimum atomic E-state index is -0.471. The fourth-order valence-electron chi connectivity index (χ4n) is 2.11. The highest BCUT2D eigenvalue weighted by atomic mass is 16.8. The Morgan fingerprint density at radius 3 is 3.00 bits per heavy atom.